The summed E-state index contributed by atoms with van der Waals surface area (Å²) in [6.07, 6.45) is 4.23. The van der Waals surface area contributed by atoms with E-state index >= 15 is 0 Å². The summed E-state index contributed by atoms with van der Waals surface area (Å²) in [6, 6.07) is 4.96. The van der Waals surface area contributed by atoms with E-state index in [2.05, 4.69) is 10.1 Å². The number of aromatic nitrogens is 2. The van der Waals surface area contributed by atoms with Crippen molar-refractivity contribution in [2.24, 2.45) is 5.73 Å². The van der Waals surface area contributed by atoms with Crippen LogP contribution in [0.15, 0.2) is 22.7 Å². The predicted molar refractivity (Wildman–Crippen MR) is 73.6 cm³/mol. The third-order valence-electron chi connectivity index (χ3n) is 4.26. The van der Waals surface area contributed by atoms with Gasteiger partial charge in [0.05, 0.1) is 5.41 Å². The van der Waals surface area contributed by atoms with Crippen molar-refractivity contribution in [3.8, 4) is 11.4 Å². The van der Waals surface area contributed by atoms with Crippen molar-refractivity contribution in [2.45, 2.75) is 38.0 Å². The van der Waals surface area contributed by atoms with Crippen LogP contribution < -0.4 is 5.73 Å². The molecular formula is C15H18FN3O. The van der Waals surface area contributed by atoms with Gasteiger partial charge in [0.25, 0.3) is 0 Å². The van der Waals surface area contributed by atoms with Crippen LogP contribution in [0.5, 0.6) is 0 Å². The van der Waals surface area contributed by atoms with Gasteiger partial charge in [-0.2, -0.15) is 4.98 Å². The molecule has 1 aromatic heterocycles. The van der Waals surface area contributed by atoms with Crippen molar-refractivity contribution in [1.29, 1.82) is 0 Å². The Bertz CT molecular complexity index is 617. The molecule has 0 spiro atoms. The first-order valence-electron chi connectivity index (χ1n) is 6.95. The van der Waals surface area contributed by atoms with Crippen molar-refractivity contribution in [3.63, 3.8) is 0 Å². The van der Waals surface area contributed by atoms with E-state index in [-0.39, 0.29) is 11.2 Å². The summed E-state index contributed by atoms with van der Waals surface area (Å²) in [5.74, 6) is 0.760. The summed E-state index contributed by atoms with van der Waals surface area (Å²) >= 11 is 0. The Morgan fingerprint density at radius 3 is 2.75 bits per heavy atom. The van der Waals surface area contributed by atoms with Crippen LogP contribution in [-0.4, -0.2) is 16.7 Å². The summed E-state index contributed by atoms with van der Waals surface area (Å²) < 4.78 is 19.0. The Morgan fingerprint density at radius 2 is 2.10 bits per heavy atom. The molecule has 1 aliphatic carbocycles. The molecule has 0 bridgehead atoms. The largest absolute Gasteiger partial charge is 0.338 e. The smallest absolute Gasteiger partial charge is 0.234 e. The quantitative estimate of drug-likeness (QED) is 0.935. The molecular weight excluding hydrogens is 257 g/mol. The van der Waals surface area contributed by atoms with E-state index in [1.807, 2.05) is 0 Å². The standard InChI is InChI=1S/C15H18FN3O/c1-10-4-5-11(8-12(10)16)13-18-14(20-19-13)15(9-17)6-2-3-7-15/h4-5,8H,2-3,6-7,9,17H2,1H3. The monoisotopic (exact) mass is 275 g/mol. The summed E-state index contributed by atoms with van der Waals surface area (Å²) in [5.41, 5.74) is 6.96. The van der Waals surface area contributed by atoms with E-state index in [1.165, 1.54) is 6.07 Å². The first kappa shape index (κ1) is 13.2. The molecule has 1 saturated carbocycles. The highest BCUT2D eigenvalue weighted by molar-refractivity contribution is 5.55. The van der Waals surface area contributed by atoms with Gasteiger partial charge in [-0.3, -0.25) is 0 Å². The summed E-state index contributed by atoms with van der Waals surface area (Å²) in [6.45, 7) is 2.24. The van der Waals surface area contributed by atoms with Gasteiger partial charge in [0.2, 0.25) is 11.7 Å². The molecule has 0 aliphatic heterocycles. The molecule has 0 radical (unpaired) electrons. The Balaban J connectivity index is 1.95. The van der Waals surface area contributed by atoms with Crippen LogP contribution in [0.2, 0.25) is 0 Å². The van der Waals surface area contributed by atoms with E-state index in [4.69, 9.17) is 10.3 Å². The lowest BCUT2D eigenvalue weighted by Gasteiger charge is -2.21. The van der Waals surface area contributed by atoms with Crippen LogP contribution in [0.4, 0.5) is 4.39 Å². The number of aryl methyl sites for hydroxylation is 1. The highest BCUT2D eigenvalue weighted by Gasteiger charge is 2.39. The third kappa shape index (κ3) is 2.12. The van der Waals surface area contributed by atoms with Gasteiger partial charge in [-0.1, -0.05) is 30.1 Å². The number of halogens is 1. The number of hydrogen-bond acceptors (Lipinski definition) is 4. The number of benzene rings is 1. The number of rotatable bonds is 3. The van der Waals surface area contributed by atoms with Crippen molar-refractivity contribution < 1.29 is 8.91 Å². The second kappa shape index (κ2) is 4.98. The molecule has 4 nitrogen and oxygen atoms in total. The van der Waals surface area contributed by atoms with Gasteiger partial charge < -0.3 is 10.3 Å². The minimum atomic E-state index is -0.261. The Hall–Kier alpha value is -1.75. The average molecular weight is 275 g/mol. The van der Waals surface area contributed by atoms with Crippen LogP contribution in [0.1, 0.15) is 37.1 Å². The predicted octanol–water partition coefficient (Wildman–Crippen LogP) is 2.95. The summed E-state index contributed by atoms with van der Waals surface area (Å²) in [4.78, 5) is 4.45. The molecule has 1 aromatic carbocycles. The van der Waals surface area contributed by atoms with E-state index in [0.29, 0.717) is 29.4 Å². The minimum absolute atomic E-state index is 0.186. The molecule has 1 heterocycles. The summed E-state index contributed by atoms with van der Waals surface area (Å²) in [7, 11) is 0. The maximum atomic E-state index is 13.6. The fraction of sp³-hybridized carbons (Fsp3) is 0.467. The molecule has 3 rings (SSSR count). The maximum absolute atomic E-state index is 13.6. The van der Waals surface area contributed by atoms with Crippen molar-refractivity contribution >= 4 is 0 Å². The maximum Gasteiger partial charge on any atom is 0.234 e. The first-order valence-corrected chi connectivity index (χ1v) is 6.95. The Labute approximate surface area is 117 Å². The molecule has 2 N–H and O–H groups in total. The molecule has 0 atom stereocenters. The van der Waals surface area contributed by atoms with Crippen LogP contribution >= 0.6 is 0 Å². The zero-order valence-electron chi connectivity index (χ0n) is 11.5. The second-order valence-electron chi connectivity index (χ2n) is 5.58. The van der Waals surface area contributed by atoms with Gasteiger partial charge >= 0.3 is 0 Å². The van der Waals surface area contributed by atoms with Gasteiger partial charge in [0.15, 0.2) is 0 Å². The van der Waals surface area contributed by atoms with E-state index in [1.54, 1.807) is 19.1 Å². The lowest BCUT2D eigenvalue weighted by molar-refractivity contribution is 0.284. The van der Waals surface area contributed by atoms with Crippen LogP contribution in [0.25, 0.3) is 11.4 Å². The molecule has 2 aromatic rings. The highest BCUT2D eigenvalue weighted by Crippen LogP contribution is 2.39. The van der Waals surface area contributed by atoms with Gasteiger partial charge in [0, 0.05) is 12.1 Å². The molecule has 20 heavy (non-hydrogen) atoms. The molecule has 1 aliphatic rings. The zero-order chi connectivity index (χ0) is 14.2. The Morgan fingerprint density at radius 1 is 1.35 bits per heavy atom. The average Bonchev–Trinajstić information content (AvgIpc) is 3.10. The van der Waals surface area contributed by atoms with E-state index in [0.717, 1.165) is 25.7 Å². The number of nitrogens with two attached hydrogens (primary N) is 1. The Kier molecular flexibility index (Phi) is 3.30. The highest BCUT2D eigenvalue weighted by atomic mass is 19.1. The minimum Gasteiger partial charge on any atom is -0.338 e. The third-order valence-corrected chi connectivity index (χ3v) is 4.26. The summed E-state index contributed by atoms with van der Waals surface area (Å²) in [5, 5.41) is 3.99. The molecule has 106 valence electrons. The van der Waals surface area contributed by atoms with E-state index in [9.17, 15) is 4.39 Å². The van der Waals surface area contributed by atoms with Crippen molar-refractivity contribution in [1.82, 2.24) is 10.1 Å². The molecule has 0 amide bonds. The molecule has 0 saturated heterocycles. The normalized spacial score (nSPS) is 17.6. The molecule has 0 unspecified atom stereocenters. The number of nitrogens with zero attached hydrogens (tertiary/aromatic N) is 2. The van der Waals surface area contributed by atoms with Gasteiger partial charge in [-0.15, -0.1) is 0 Å². The van der Waals surface area contributed by atoms with Crippen molar-refractivity contribution in [3.05, 3.63) is 35.5 Å². The second-order valence-corrected chi connectivity index (χ2v) is 5.58. The van der Waals surface area contributed by atoms with E-state index < -0.39 is 0 Å². The molecule has 5 heteroatoms. The van der Waals surface area contributed by atoms with Gasteiger partial charge in [0.1, 0.15) is 5.82 Å². The topological polar surface area (TPSA) is 64.9 Å². The fourth-order valence-corrected chi connectivity index (χ4v) is 2.85. The van der Waals surface area contributed by atoms with Crippen LogP contribution in [-0.2, 0) is 5.41 Å². The van der Waals surface area contributed by atoms with Gasteiger partial charge in [-0.05, 0) is 31.4 Å². The fourth-order valence-electron chi connectivity index (χ4n) is 2.85. The first-order chi connectivity index (χ1) is 9.64. The lowest BCUT2D eigenvalue weighted by atomic mass is 9.86. The zero-order valence-corrected chi connectivity index (χ0v) is 11.5. The van der Waals surface area contributed by atoms with Crippen molar-refractivity contribution in [2.75, 3.05) is 6.54 Å². The number of hydrogen-bond donors (Lipinski definition) is 1. The lowest BCUT2D eigenvalue weighted by Crippen LogP contribution is -2.32. The van der Waals surface area contributed by atoms with Gasteiger partial charge in [-0.25, -0.2) is 4.39 Å². The van der Waals surface area contributed by atoms with Crippen LogP contribution in [0.3, 0.4) is 0 Å². The van der Waals surface area contributed by atoms with Crippen LogP contribution in [0, 0.1) is 12.7 Å². The SMILES string of the molecule is Cc1ccc(-c2noc(C3(CN)CCCC3)n2)cc1F. The molecule has 1 fully saturated rings.